The van der Waals surface area contributed by atoms with Crippen LogP contribution >= 0.6 is 11.3 Å². The van der Waals surface area contributed by atoms with Crippen molar-refractivity contribution in [3.8, 4) is 11.1 Å². The lowest BCUT2D eigenvalue weighted by molar-refractivity contribution is -0.0674. The van der Waals surface area contributed by atoms with Crippen molar-refractivity contribution in [1.82, 2.24) is 20.0 Å². The number of amides is 2. The fourth-order valence-corrected chi connectivity index (χ4v) is 5.09. The number of hydrogen-bond acceptors (Lipinski definition) is 5. The van der Waals surface area contributed by atoms with Gasteiger partial charge in [0.2, 0.25) is 0 Å². The van der Waals surface area contributed by atoms with Crippen molar-refractivity contribution in [1.29, 1.82) is 0 Å². The van der Waals surface area contributed by atoms with Crippen molar-refractivity contribution in [2.45, 2.75) is 57.8 Å². The van der Waals surface area contributed by atoms with Gasteiger partial charge in [-0.25, -0.2) is 18.3 Å². The average Bonchev–Trinajstić information content (AvgIpc) is 3.22. The molecule has 1 fully saturated rings. The summed E-state index contributed by atoms with van der Waals surface area (Å²) < 4.78 is 30.1. The fourth-order valence-electron chi connectivity index (χ4n) is 4.16. The molecular weight excluding hydrogens is 428 g/mol. The van der Waals surface area contributed by atoms with Gasteiger partial charge in [-0.1, -0.05) is 0 Å². The first-order valence-electron chi connectivity index (χ1n) is 9.88. The highest BCUT2D eigenvalue weighted by atomic mass is 32.1. The molecule has 4 N–H and O–H groups in total. The van der Waals surface area contributed by atoms with Gasteiger partial charge < -0.3 is 16.2 Å². The van der Waals surface area contributed by atoms with Crippen LogP contribution in [-0.2, 0) is 6.67 Å². The van der Waals surface area contributed by atoms with E-state index in [1.165, 1.54) is 17.5 Å². The van der Waals surface area contributed by atoms with E-state index in [0.717, 1.165) is 26.6 Å². The maximum atomic E-state index is 14.3. The van der Waals surface area contributed by atoms with E-state index in [0.29, 0.717) is 23.4 Å². The molecule has 0 unspecified atom stereocenters. The summed E-state index contributed by atoms with van der Waals surface area (Å²) >= 11 is 1.21. The van der Waals surface area contributed by atoms with Crippen molar-refractivity contribution in [2.75, 3.05) is 0 Å². The third kappa shape index (κ3) is 3.83. The molecule has 2 amide bonds. The van der Waals surface area contributed by atoms with E-state index in [1.807, 2.05) is 6.92 Å². The van der Waals surface area contributed by atoms with Crippen LogP contribution in [0.3, 0.4) is 0 Å². The second kappa shape index (κ2) is 7.72. The number of fused-ring (bicyclic) bond motifs is 1. The van der Waals surface area contributed by atoms with Gasteiger partial charge in [-0.05, 0) is 38.8 Å². The highest BCUT2D eigenvalue weighted by molar-refractivity contribution is 7.14. The first-order valence-corrected chi connectivity index (χ1v) is 10.7. The molecule has 0 spiro atoms. The zero-order valence-corrected chi connectivity index (χ0v) is 17.9. The summed E-state index contributed by atoms with van der Waals surface area (Å²) in [4.78, 5) is 26.2. The molecule has 2 atom stereocenters. The number of halogens is 2. The number of carboxylic acid groups (broad SMARTS) is 1. The molecule has 11 heteroatoms. The minimum Gasteiger partial charge on any atom is -0.465 e. The number of carbonyl (C=O) groups is 2. The molecule has 4 rings (SSSR count). The monoisotopic (exact) mass is 451 g/mol. The van der Waals surface area contributed by atoms with Crippen molar-refractivity contribution < 1.29 is 23.5 Å². The second-order valence-corrected chi connectivity index (χ2v) is 9.16. The molecular formula is C20H23F2N5O3S. The Labute approximate surface area is 181 Å². The van der Waals surface area contributed by atoms with E-state index in [-0.39, 0.29) is 13.1 Å². The third-order valence-corrected chi connectivity index (χ3v) is 6.79. The topological polar surface area (TPSA) is 113 Å². The largest absolute Gasteiger partial charge is 0.465 e. The Bertz CT molecular complexity index is 1080. The average molecular weight is 451 g/mol. The van der Waals surface area contributed by atoms with Gasteiger partial charge in [0.25, 0.3) is 11.8 Å². The zero-order valence-electron chi connectivity index (χ0n) is 17.1. The molecule has 2 aromatic rings. The first kappa shape index (κ1) is 21.4. The molecule has 0 bridgehead atoms. The highest BCUT2D eigenvalue weighted by Gasteiger charge is 2.46. The summed E-state index contributed by atoms with van der Waals surface area (Å²) in [5.74, 6) is -3.61. The lowest BCUT2D eigenvalue weighted by Gasteiger charge is -2.36. The van der Waals surface area contributed by atoms with Crippen molar-refractivity contribution in [3.05, 3.63) is 33.4 Å². The van der Waals surface area contributed by atoms with Crippen LogP contribution in [0.25, 0.3) is 17.2 Å². The van der Waals surface area contributed by atoms with Crippen LogP contribution in [0, 0.1) is 13.8 Å². The summed E-state index contributed by atoms with van der Waals surface area (Å²) in [5.41, 5.74) is 8.82. The van der Waals surface area contributed by atoms with E-state index < -0.39 is 30.0 Å². The van der Waals surface area contributed by atoms with Crippen LogP contribution in [0.5, 0.6) is 0 Å². The molecule has 31 heavy (non-hydrogen) atoms. The Hall–Kier alpha value is -2.79. The van der Waals surface area contributed by atoms with Crippen LogP contribution < -0.4 is 11.1 Å². The summed E-state index contributed by atoms with van der Waals surface area (Å²) in [6.45, 7) is 3.71. The Morgan fingerprint density at radius 3 is 2.81 bits per heavy atom. The number of rotatable bonds is 3. The number of nitrogens with two attached hydrogens (primary N) is 1. The first-order chi connectivity index (χ1) is 14.6. The van der Waals surface area contributed by atoms with Gasteiger partial charge in [-0.3, -0.25) is 9.69 Å². The van der Waals surface area contributed by atoms with E-state index in [1.54, 1.807) is 23.7 Å². The summed E-state index contributed by atoms with van der Waals surface area (Å²) in [7, 11) is 0. The molecule has 2 aliphatic rings. The molecule has 0 radical (unpaired) electrons. The van der Waals surface area contributed by atoms with E-state index in [2.05, 4.69) is 10.4 Å². The summed E-state index contributed by atoms with van der Waals surface area (Å²) in [6.07, 6.45) is 2.52. The third-order valence-electron chi connectivity index (χ3n) is 5.74. The Balaban J connectivity index is 1.62. The molecule has 2 aromatic heterocycles. The maximum Gasteiger partial charge on any atom is 0.412 e. The lowest BCUT2D eigenvalue weighted by atomic mass is 9.87. The molecule has 1 aliphatic heterocycles. The van der Waals surface area contributed by atoms with Gasteiger partial charge in [-0.2, -0.15) is 5.10 Å². The van der Waals surface area contributed by atoms with Gasteiger partial charge in [-0.15, -0.1) is 11.3 Å². The molecule has 0 saturated heterocycles. The molecule has 1 saturated carbocycles. The van der Waals surface area contributed by atoms with Crippen molar-refractivity contribution in [3.63, 3.8) is 0 Å². The Morgan fingerprint density at radius 1 is 1.39 bits per heavy atom. The van der Waals surface area contributed by atoms with Gasteiger partial charge >= 0.3 is 6.09 Å². The number of alkyl halides is 2. The number of carbonyl (C=O) groups excluding carboxylic acids is 1. The highest BCUT2D eigenvalue weighted by Crippen LogP contribution is 2.38. The summed E-state index contributed by atoms with van der Waals surface area (Å²) in [5, 5.41) is 16.1. The molecule has 166 valence electrons. The van der Waals surface area contributed by atoms with Crippen molar-refractivity contribution in [2.24, 2.45) is 5.73 Å². The lowest BCUT2D eigenvalue weighted by Crippen LogP contribution is -2.59. The quantitative estimate of drug-likeness (QED) is 0.662. The number of nitrogens with zero attached hydrogens (tertiary/aromatic N) is 3. The Kier molecular flexibility index (Phi) is 5.34. The molecule has 1 aliphatic carbocycles. The summed E-state index contributed by atoms with van der Waals surface area (Å²) in [6, 6.07) is -0.514. The normalized spacial score (nSPS) is 22.3. The van der Waals surface area contributed by atoms with Gasteiger partial charge in [0, 0.05) is 34.7 Å². The van der Waals surface area contributed by atoms with Crippen LogP contribution in [0.1, 0.15) is 45.2 Å². The van der Waals surface area contributed by atoms with Gasteiger partial charge in [0.1, 0.15) is 12.7 Å². The number of aryl methyl sites for hydroxylation is 2. The SMILES string of the molecule is Cc1nn2c(c1-c1cc(C(=O)N[C@@H]3[C@H](N)CCCC3(F)F)sc1C)C=CN(C(=O)O)C2. The number of thiophene rings is 1. The maximum absolute atomic E-state index is 14.3. The fraction of sp³-hybridized carbons (Fsp3) is 0.450. The second-order valence-electron chi connectivity index (χ2n) is 7.90. The molecule has 3 heterocycles. The number of aromatic nitrogens is 2. The smallest absolute Gasteiger partial charge is 0.412 e. The zero-order chi connectivity index (χ0) is 22.5. The van der Waals surface area contributed by atoms with Crippen molar-refractivity contribution >= 4 is 29.4 Å². The van der Waals surface area contributed by atoms with E-state index in [4.69, 9.17) is 5.73 Å². The predicted octanol–water partition coefficient (Wildman–Crippen LogP) is 3.40. The van der Waals surface area contributed by atoms with Crippen LogP contribution in [0.4, 0.5) is 13.6 Å². The minimum atomic E-state index is -3.04. The Morgan fingerprint density at radius 2 is 2.13 bits per heavy atom. The predicted molar refractivity (Wildman–Crippen MR) is 112 cm³/mol. The van der Waals surface area contributed by atoms with Crippen LogP contribution in [0.15, 0.2) is 12.3 Å². The molecule has 8 nitrogen and oxygen atoms in total. The van der Waals surface area contributed by atoms with Crippen LogP contribution in [-0.4, -0.2) is 49.8 Å². The van der Waals surface area contributed by atoms with Gasteiger partial charge in [0.05, 0.1) is 16.3 Å². The minimum absolute atomic E-state index is 0.0627. The number of hydrogen-bond donors (Lipinski definition) is 3. The standard InChI is InChI=1S/C20H23F2N5O3S/c1-10-16(14-5-7-26(19(29)30)9-27(14)25-10)12-8-15(31-11(12)2)18(28)24-17-13(23)4-3-6-20(17,21)22/h5,7-8,13,17H,3-4,6,9,23H2,1-2H3,(H,24,28)(H,29,30)/t13-,17-/m1/s1. The van der Waals surface area contributed by atoms with Crippen LogP contribution in [0.2, 0.25) is 0 Å². The van der Waals surface area contributed by atoms with E-state index in [9.17, 15) is 23.5 Å². The van der Waals surface area contributed by atoms with Gasteiger partial charge in [0.15, 0.2) is 0 Å². The van der Waals surface area contributed by atoms with E-state index >= 15 is 0 Å². The number of nitrogens with one attached hydrogen (secondary N) is 1. The molecule has 0 aromatic carbocycles.